The molecule has 0 aliphatic rings. The molecule has 2 rings (SSSR count). The number of rotatable bonds is 3. The third-order valence-electron chi connectivity index (χ3n) is 2.25. The molecule has 0 aliphatic heterocycles. The quantitative estimate of drug-likeness (QED) is 0.835. The number of amides is 1. The first-order valence-corrected chi connectivity index (χ1v) is 6.26. The minimum atomic E-state index is -0.370. The summed E-state index contributed by atoms with van der Waals surface area (Å²) in [4.78, 5) is 13.8. The summed E-state index contributed by atoms with van der Waals surface area (Å²) in [6.07, 6.45) is 3.18. The number of halogens is 1. The molecule has 2 aromatic rings. The van der Waals surface area contributed by atoms with Crippen LogP contribution >= 0.6 is 11.3 Å². The van der Waals surface area contributed by atoms with Crippen molar-refractivity contribution in [1.82, 2.24) is 0 Å². The van der Waals surface area contributed by atoms with Gasteiger partial charge in [-0.2, -0.15) is 0 Å². The summed E-state index contributed by atoms with van der Waals surface area (Å²) in [6, 6.07) is 9.75. The molecule has 1 N–H and O–H groups in total. The van der Waals surface area contributed by atoms with Crippen molar-refractivity contribution in [2.75, 3.05) is 5.32 Å². The number of hydrogen-bond donors (Lipinski definition) is 1. The lowest BCUT2D eigenvalue weighted by Gasteiger charge is -2.01. The van der Waals surface area contributed by atoms with Gasteiger partial charge in [-0.05, 0) is 43.3 Å². The lowest BCUT2D eigenvalue weighted by Crippen LogP contribution is -2.07. The molecule has 1 aromatic carbocycles. The Kier molecular flexibility index (Phi) is 3.89. The van der Waals surface area contributed by atoms with Crippen LogP contribution in [0, 0.1) is 12.7 Å². The van der Waals surface area contributed by atoms with Crippen molar-refractivity contribution in [3.05, 3.63) is 58.0 Å². The molecule has 0 unspecified atom stereocenters. The van der Waals surface area contributed by atoms with E-state index in [0.29, 0.717) is 5.69 Å². The molecule has 92 valence electrons. The molecule has 1 amide bonds. The summed E-state index contributed by atoms with van der Waals surface area (Å²) in [6.45, 7) is 2.01. The van der Waals surface area contributed by atoms with Gasteiger partial charge in [0.2, 0.25) is 5.91 Å². The number of hydrogen-bond acceptors (Lipinski definition) is 2. The number of anilines is 1. The monoisotopic (exact) mass is 261 g/mol. The summed E-state index contributed by atoms with van der Waals surface area (Å²) in [5.74, 6) is -0.641. The summed E-state index contributed by atoms with van der Waals surface area (Å²) in [7, 11) is 0. The molecule has 0 atom stereocenters. The third-order valence-corrected chi connectivity index (χ3v) is 3.22. The average molecular weight is 261 g/mol. The van der Waals surface area contributed by atoms with Gasteiger partial charge < -0.3 is 5.32 Å². The maximum atomic E-state index is 12.9. The van der Waals surface area contributed by atoms with Gasteiger partial charge in [-0.15, -0.1) is 11.3 Å². The van der Waals surface area contributed by atoms with Gasteiger partial charge in [0, 0.05) is 21.5 Å². The van der Waals surface area contributed by atoms with Crippen LogP contribution in [0.25, 0.3) is 6.08 Å². The van der Waals surface area contributed by atoms with E-state index in [1.54, 1.807) is 29.5 Å². The number of benzene rings is 1. The number of aryl methyl sites for hydroxylation is 1. The molecule has 2 nitrogen and oxygen atoms in total. The fraction of sp³-hybridized carbons (Fsp3) is 0.0714. The normalized spacial score (nSPS) is 10.8. The Balaban J connectivity index is 1.98. The Hall–Kier alpha value is -1.94. The van der Waals surface area contributed by atoms with E-state index in [4.69, 9.17) is 0 Å². The van der Waals surface area contributed by atoms with Gasteiger partial charge in [-0.25, -0.2) is 4.39 Å². The van der Waals surface area contributed by atoms with Gasteiger partial charge in [0.1, 0.15) is 5.82 Å². The molecular weight excluding hydrogens is 249 g/mol. The summed E-state index contributed by atoms with van der Waals surface area (Å²) in [5.41, 5.74) is 0.451. The van der Waals surface area contributed by atoms with Crippen LogP contribution in [0.1, 0.15) is 9.75 Å². The molecule has 0 saturated carbocycles. The van der Waals surface area contributed by atoms with E-state index < -0.39 is 0 Å². The molecule has 4 heteroatoms. The number of carbonyl (C=O) groups is 1. The van der Waals surface area contributed by atoms with Gasteiger partial charge in [-0.1, -0.05) is 6.07 Å². The maximum Gasteiger partial charge on any atom is 0.248 e. The van der Waals surface area contributed by atoms with Crippen LogP contribution in [0.3, 0.4) is 0 Å². The van der Waals surface area contributed by atoms with Gasteiger partial charge in [-0.3, -0.25) is 4.79 Å². The number of thiophene rings is 1. The van der Waals surface area contributed by atoms with Crippen LogP contribution in [0.2, 0.25) is 0 Å². The van der Waals surface area contributed by atoms with E-state index in [1.807, 2.05) is 19.1 Å². The highest BCUT2D eigenvalue weighted by Crippen LogP contribution is 2.16. The van der Waals surface area contributed by atoms with Crippen LogP contribution in [-0.4, -0.2) is 5.91 Å². The summed E-state index contributed by atoms with van der Waals surface area (Å²) < 4.78 is 12.9. The SMILES string of the molecule is Cc1ccc(/C=C/C(=O)Nc2cccc(F)c2)s1. The zero-order valence-electron chi connectivity index (χ0n) is 9.81. The molecule has 0 aliphatic carbocycles. The third kappa shape index (κ3) is 3.53. The molecule has 0 bridgehead atoms. The van der Waals surface area contributed by atoms with Gasteiger partial charge in [0.25, 0.3) is 0 Å². The van der Waals surface area contributed by atoms with Crippen molar-refractivity contribution in [3.8, 4) is 0 Å². The van der Waals surface area contributed by atoms with E-state index in [9.17, 15) is 9.18 Å². The predicted molar refractivity (Wildman–Crippen MR) is 73.1 cm³/mol. The molecule has 0 radical (unpaired) electrons. The Bertz CT molecular complexity index is 589. The predicted octanol–water partition coefficient (Wildman–Crippen LogP) is 3.85. The molecule has 0 fully saturated rings. The highest BCUT2D eigenvalue weighted by molar-refractivity contribution is 7.12. The highest BCUT2D eigenvalue weighted by Gasteiger charge is 1.99. The smallest absolute Gasteiger partial charge is 0.248 e. The Labute approximate surface area is 109 Å². The second kappa shape index (κ2) is 5.60. The van der Waals surface area contributed by atoms with Gasteiger partial charge >= 0.3 is 0 Å². The molecule has 0 spiro atoms. The topological polar surface area (TPSA) is 29.1 Å². The van der Waals surface area contributed by atoms with E-state index in [2.05, 4.69) is 5.32 Å². The maximum absolute atomic E-state index is 12.9. The van der Waals surface area contributed by atoms with Crippen molar-refractivity contribution >= 4 is 29.0 Å². The summed E-state index contributed by atoms with van der Waals surface area (Å²) in [5, 5.41) is 2.60. The average Bonchev–Trinajstić information content (AvgIpc) is 2.73. The van der Waals surface area contributed by atoms with Crippen LogP contribution in [0.15, 0.2) is 42.5 Å². The first-order chi connectivity index (χ1) is 8.63. The first-order valence-electron chi connectivity index (χ1n) is 5.44. The lowest BCUT2D eigenvalue weighted by atomic mass is 10.3. The van der Waals surface area contributed by atoms with E-state index in [-0.39, 0.29) is 11.7 Å². The van der Waals surface area contributed by atoms with Crippen molar-refractivity contribution in [2.24, 2.45) is 0 Å². The van der Waals surface area contributed by atoms with Crippen LogP contribution in [0.4, 0.5) is 10.1 Å². The molecular formula is C14H12FNOS. The van der Waals surface area contributed by atoms with Crippen molar-refractivity contribution in [1.29, 1.82) is 0 Å². The molecule has 1 heterocycles. The largest absolute Gasteiger partial charge is 0.322 e. The van der Waals surface area contributed by atoms with Crippen molar-refractivity contribution in [2.45, 2.75) is 6.92 Å². The van der Waals surface area contributed by atoms with Crippen molar-refractivity contribution < 1.29 is 9.18 Å². The zero-order valence-corrected chi connectivity index (χ0v) is 10.6. The molecule has 18 heavy (non-hydrogen) atoms. The summed E-state index contributed by atoms with van der Waals surface area (Å²) >= 11 is 1.61. The number of nitrogens with one attached hydrogen (secondary N) is 1. The second-order valence-electron chi connectivity index (χ2n) is 3.78. The minimum absolute atomic E-state index is 0.272. The highest BCUT2D eigenvalue weighted by atomic mass is 32.1. The Morgan fingerprint density at radius 1 is 1.33 bits per heavy atom. The number of carbonyl (C=O) groups excluding carboxylic acids is 1. The van der Waals surface area contributed by atoms with Gasteiger partial charge in [0.15, 0.2) is 0 Å². The second-order valence-corrected chi connectivity index (χ2v) is 5.10. The Morgan fingerprint density at radius 3 is 2.83 bits per heavy atom. The van der Waals surface area contributed by atoms with E-state index >= 15 is 0 Å². The molecule has 1 aromatic heterocycles. The van der Waals surface area contributed by atoms with Crippen LogP contribution < -0.4 is 5.32 Å². The van der Waals surface area contributed by atoms with Crippen molar-refractivity contribution in [3.63, 3.8) is 0 Å². The Morgan fingerprint density at radius 2 is 2.17 bits per heavy atom. The van der Waals surface area contributed by atoms with Gasteiger partial charge in [0.05, 0.1) is 0 Å². The fourth-order valence-electron chi connectivity index (χ4n) is 1.45. The van der Waals surface area contributed by atoms with Crippen LogP contribution in [-0.2, 0) is 4.79 Å². The van der Waals surface area contributed by atoms with E-state index in [0.717, 1.165) is 4.88 Å². The van der Waals surface area contributed by atoms with Crippen LogP contribution in [0.5, 0.6) is 0 Å². The zero-order chi connectivity index (χ0) is 13.0. The lowest BCUT2D eigenvalue weighted by molar-refractivity contribution is -0.111. The molecule has 0 saturated heterocycles. The standard InChI is InChI=1S/C14H12FNOS/c1-10-5-6-13(18-10)7-8-14(17)16-12-4-2-3-11(15)9-12/h2-9H,1H3,(H,16,17)/b8-7+. The first kappa shape index (κ1) is 12.5. The minimum Gasteiger partial charge on any atom is -0.322 e. The van der Waals surface area contributed by atoms with E-state index in [1.165, 1.54) is 23.1 Å². The fourth-order valence-corrected chi connectivity index (χ4v) is 2.23.